The normalized spacial score (nSPS) is 12.4. The van der Waals surface area contributed by atoms with Crippen LogP contribution in [0.5, 0.6) is 0 Å². The van der Waals surface area contributed by atoms with Crippen molar-refractivity contribution in [2.45, 2.75) is 23.6 Å². The third-order valence-corrected chi connectivity index (χ3v) is 4.16. The molecule has 0 aromatic heterocycles. The van der Waals surface area contributed by atoms with Gasteiger partial charge in [-0.05, 0) is 42.3 Å². The molecule has 0 saturated carbocycles. The Balaban J connectivity index is 2.05. The molecule has 2 aromatic rings. The zero-order valence-electron chi connectivity index (χ0n) is 10.6. The summed E-state index contributed by atoms with van der Waals surface area (Å²) >= 11 is 7.29. The van der Waals surface area contributed by atoms with Gasteiger partial charge in [0.1, 0.15) is 5.82 Å². The number of halogens is 2. The second-order valence-corrected chi connectivity index (χ2v) is 5.85. The Hall–Kier alpha value is -1.03. The van der Waals surface area contributed by atoms with E-state index in [1.807, 2.05) is 37.3 Å². The third kappa shape index (κ3) is 3.96. The predicted octanol–water partition coefficient (Wildman–Crippen LogP) is 4.79. The minimum atomic E-state index is -0.214. The molecule has 100 valence electrons. The molecule has 1 nitrogen and oxygen atoms in total. The van der Waals surface area contributed by atoms with Gasteiger partial charge in [0.2, 0.25) is 0 Å². The molecule has 0 bridgehead atoms. The highest BCUT2D eigenvalue weighted by Gasteiger charge is 2.07. The SMILES string of the molecule is CC(N)c1ccc(SCc2ccc(Cl)cc2)c(F)c1. The quantitative estimate of drug-likeness (QED) is 0.821. The Labute approximate surface area is 122 Å². The summed E-state index contributed by atoms with van der Waals surface area (Å²) in [6.45, 7) is 1.84. The van der Waals surface area contributed by atoms with E-state index in [1.54, 1.807) is 6.07 Å². The van der Waals surface area contributed by atoms with Gasteiger partial charge in [-0.2, -0.15) is 0 Å². The lowest BCUT2D eigenvalue weighted by atomic mass is 10.1. The first-order valence-electron chi connectivity index (χ1n) is 5.98. The minimum Gasteiger partial charge on any atom is -0.324 e. The lowest BCUT2D eigenvalue weighted by Gasteiger charge is -2.08. The van der Waals surface area contributed by atoms with Gasteiger partial charge in [-0.3, -0.25) is 0 Å². The fourth-order valence-electron chi connectivity index (χ4n) is 1.66. The van der Waals surface area contributed by atoms with E-state index < -0.39 is 0 Å². The Kier molecular flexibility index (Phi) is 4.86. The largest absolute Gasteiger partial charge is 0.324 e. The lowest BCUT2D eigenvalue weighted by Crippen LogP contribution is -2.05. The summed E-state index contributed by atoms with van der Waals surface area (Å²) in [5.41, 5.74) is 7.65. The molecule has 4 heteroatoms. The predicted molar refractivity (Wildman–Crippen MR) is 80.0 cm³/mol. The highest BCUT2D eigenvalue weighted by molar-refractivity contribution is 7.98. The molecule has 2 N–H and O–H groups in total. The van der Waals surface area contributed by atoms with Gasteiger partial charge in [-0.15, -0.1) is 11.8 Å². The van der Waals surface area contributed by atoms with Gasteiger partial charge in [-0.25, -0.2) is 4.39 Å². The van der Waals surface area contributed by atoms with Crippen LogP contribution in [0.4, 0.5) is 4.39 Å². The van der Waals surface area contributed by atoms with Crippen LogP contribution in [0.25, 0.3) is 0 Å². The molecule has 0 spiro atoms. The summed E-state index contributed by atoms with van der Waals surface area (Å²) in [5.74, 6) is 0.500. The van der Waals surface area contributed by atoms with Crippen molar-refractivity contribution in [1.29, 1.82) is 0 Å². The maximum Gasteiger partial charge on any atom is 0.137 e. The van der Waals surface area contributed by atoms with Crippen molar-refractivity contribution in [3.05, 3.63) is 64.4 Å². The van der Waals surface area contributed by atoms with Crippen molar-refractivity contribution >= 4 is 23.4 Å². The molecule has 0 aliphatic rings. The third-order valence-electron chi connectivity index (χ3n) is 2.79. The van der Waals surface area contributed by atoms with Crippen LogP contribution >= 0.6 is 23.4 Å². The Morgan fingerprint density at radius 1 is 1.21 bits per heavy atom. The van der Waals surface area contributed by atoms with Crippen LogP contribution in [0.3, 0.4) is 0 Å². The number of thioether (sulfide) groups is 1. The highest BCUT2D eigenvalue weighted by Crippen LogP contribution is 2.27. The minimum absolute atomic E-state index is 0.148. The molecule has 0 saturated heterocycles. The molecule has 0 aliphatic carbocycles. The number of hydrogen-bond donors (Lipinski definition) is 1. The first-order chi connectivity index (χ1) is 9.06. The van der Waals surface area contributed by atoms with Crippen LogP contribution in [-0.2, 0) is 5.75 Å². The molecule has 1 atom stereocenters. The molecule has 0 fully saturated rings. The van der Waals surface area contributed by atoms with Crippen molar-refractivity contribution in [2.75, 3.05) is 0 Å². The van der Waals surface area contributed by atoms with Crippen LogP contribution in [0.15, 0.2) is 47.4 Å². The van der Waals surface area contributed by atoms with E-state index in [0.29, 0.717) is 15.7 Å². The Morgan fingerprint density at radius 2 is 1.89 bits per heavy atom. The van der Waals surface area contributed by atoms with Gasteiger partial charge >= 0.3 is 0 Å². The van der Waals surface area contributed by atoms with E-state index in [0.717, 1.165) is 11.1 Å². The summed E-state index contributed by atoms with van der Waals surface area (Å²) < 4.78 is 13.9. The number of hydrogen-bond acceptors (Lipinski definition) is 2. The summed E-state index contributed by atoms with van der Waals surface area (Å²) in [6, 6.07) is 12.6. The van der Waals surface area contributed by atoms with Gasteiger partial charge in [0, 0.05) is 21.7 Å². The van der Waals surface area contributed by atoms with Crippen molar-refractivity contribution in [2.24, 2.45) is 5.73 Å². The molecule has 1 unspecified atom stereocenters. The summed E-state index contributed by atoms with van der Waals surface area (Å²) in [4.78, 5) is 0.638. The molecule has 0 aliphatic heterocycles. The van der Waals surface area contributed by atoms with E-state index in [2.05, 4.69) is 0 Å². The Bertz CT molecular complexity index is 555. The molecule has 0 radical (unpaired) electrons. The van der Waals surface area contributed by atoms with Gasteiger partial charge in [-0.1, -0.05) is 29.8 Å². The van der Waals surface area contributed by atoms with Crippen LogP contribution in [0.1, 0.15) is 24.1 Å². The van der Waals surface area contributed by atoms with Crippen molar-refractivity contribution in [3.63, 3.8) is 0 Å². The van der Waals surface area contributed by atoms with E-state index in [9.17, 15) is 4.39 Å². The van der Waals surface area contributed by atoms with Crippen molar-refractivity contribution < 1.29 is 4.39 Å². The average Bonchev–Trinajstić information content (AvgIpc) is 2.39. The topological polar surface area (TPSA) is 26.0 Å². The van der Waals surface area contributed by atoms with Crippen LogP contribution in [0, 0.1) is 5.82 Å². The van der Waals surface area contributed by atoms with E-state index in [-0.39, 0.29) is 11.9 Å². The average molecular weight is 296 g/mol. The summed E-state index contributed by atoms with van der Waals surface area (Å²) in [6.07, 6.45) is 0. The molecule has 19 heavy (non-hydrogen) atoms. The summed E-state index contributed by atoms with van der Waals surface area (Å²) in [7, 11) is 0. The second kappa shape index (κ2) is 6.42. The molecule has 0 amide bonds. The van der Waals surface area contributed by atoms with E-state index in [4.69, 9.17) is 17.3 Å². The fourth-order valence-corrected chi connectivity index (χ4v) is 2.66. The van der Waals surface area contributed by atoms with Crippen molar-refractivity contribution in [1.82, 2.24) is 0 Å². The first kappa shape index (κ1) is 14.4. The molecular weight excluding hydrogens is 281 g/mol. The zero-order chi connectivity index (χ0) is 13.8. The highest BCUT2D eigenvalue weighted by atomic mass is 35.5. The van der Waals surface area contributed by atoms with Gasteiger partial charge < -0.3 is 5.73 Å². The molecule has 0 heterocycles. The van der Waals surface area contributed by atoms with E-state index >= 15 is 0 Å². The van der Waals surface area contributed by atoms with E-state index in [1.165, 1.54) is 17.8 Å². The van der Waals surface area contributed by atoms with Crippen LogP contribution < -0.4 is 5.73 Å². The van der Waals surface area contributed by atoms with Crippen LogP contribution in [-0.4, -0.2) is 0 Å². The zero-order valence-corrected chi connectivity index (χ0v) is 12.1. The number of rotatable bonds is 4. The van der Waals surface area contributed by atoms with Gasteiger partial charge in [0.15, 0.2) is 0 Å². The second-order valence-electron chi connectivity index (χ2n) is 4.39. The standard InChI is InChI=1S/C15H15ClFNS/c1-10(18)12-4-7-15(14(17)8-12)19-9-11-2-5-13(16)6-3-11/h2-8,10H,9,18H2,1H3. The van der Waals surface area contributed by atoms with Crippen molar-refractivity contribution in [3.8, 4) is 0 Å². The number of nitrogens with two attached hydrogens (primary N) is 1. The lowest BCUT2D eigenvalue weighted by molar-refractivity contribution is 0.596. The van der Waals surface area contributed by atoms with Gasteiger partial charge in [0.05, 0.1) is 0 Å². The summed E-state index contributed by atoms with van der Waals surface area (Å²) in [5, 5.41) is 0.709. The van der Waals surface area contributed by atoms with Crippen LogP contribution in [0.2, 0.25) is 5.02 Å². The van der Waals surface area contributed by atoms with Gasteiger partial charge in [0.25, 0.3) is 0 Å². The monoisotopic (exact) mass is 295 g/mol. The smallest absolute Gasteiger partial charge is 0.137 e. The molecule has 2 aromatic carbocycles. The maximum atomic E-state index is 13.9. The maximum absolute atomic E-state index is 13.9. The fraction of sp³-hybridized carbons (Fsp3) is 0.200. The Morgan fingerprint density at radius 3 is 2.47 bits per heavy atom. The first-order valence-corrected chi connectivity index (χ1v) is 7.35. The molecular formula is C15H15ClFNS. The number of benzene rings is 2. The molecule has 2 rings (SSSR count).